The maximum atomic E-state index is 3.46. The van der Waals surface area contributed by atoms with E-state index in [1.165, 1.54) is 17.5 Å². The average Bonchev–Trinajstić information content (AvgIpc) is 2.44. The number of likely N-dealkylation sites (N-methyl/N-ethyl adjacent to an activating group) is 2. The molecule has 20 heavy (non-hydrogen) atoms. The molecular formula is C17H29N3. The van der Waals surface area contributed by atoms with Crippen LogP contribution in [0.2, 0.25) is 0 Å². The molecule has 0 aromatic heterocycles. The van der Waals surface area contributed by atoms with Gasteiger partial charge in [0.05, 0.1) is 0 Å². The van der Waals surface area contributed by atoms with Crippen molar-refractivity contribution in [3.63, 3.8) is 0 Å². The molecule has 0 amide bonds. The Morgan fingerprint density at radius 1 is 1.30 bits per heavy atom. The normalized spacial score (nSPS) is 16.5. The van der Waals surface area contributed by atoms with Crippen molar-refractivity contribution in [2.45, 2.75) is 39.4 Å². The average molecular weight is 275 g/mol. The zero-order valence-corrected chi connectivity index (χ0v) is 13.4. The van der Waals surface area contributed by atoms with Crippen molar-refractivity contribution in [3.8, 4) is 0 Å². The molecule has 0 saturated heterocycles. The van der Waals surface area contributed by atoms with Gasteiger partial charge in [-0.15, -0.1) is 0 Å². The van der Waals surface area contributed by atoms with Crippen molar-refractivity contribution in [2.75, 3.05) is 33.7 Å². The van der Waals surface area contributed by atoms with E-state index in [2.05, 4.69) is 61.3 Å². The quantitative estimate of drug-likeness (QED) is 0.858. The van der Waals surface area contributed by atoms with Crippen LogP contribution in [0, 0.1) is 0 Å². The first-order valence-electron chi connectivity index (χ1n) is 7.81. The number of rotatable bonds is 6. The summed E-state index contributed by atoms with van der Waals surface area (Å²) in [5.41, 5.74) is 4.60. The zero-order chi connectivity index (χ0) is 14.5. The van der Waals surface area contributed by atoms with E-state index in [4.69, 9.17) is 0 Å². The molecule has 0 saturated carbocycles. The number of hydrogen-bond donors (Lipinski definition) is 1. The third-order valence-electron chi connectivity index (χ3n) is 4.27. The van der Waals surface area contributed by atoms with Crippen LogP contribution in [0.5, 0.6) is 0 Å². The summed E-state index contributed by atoms with van der Waals surface area (Å²) < 4.78 is 0. The summed E-state index contributed by atoms with van der Waals surface area (Å²) in [5, 5.41) is 3.46. The molecule has 3 nitrogen and oxygen atoms in total. The van der Waals surface area contributed by atoms with Gasteiger partial charge < -0.3 is 10.2 Å². The second-order valence-electron chi connectivity index (χ2n) is 6.16. The van der Waals surface area contributed by atoms with Crippen molar-refractivity contribution in [1.82, 2.24) is 15.1 Å². The molecule has 0 bridgehead atoms. The lowest BCUT2D eigenvalue weighted by molar-refractivity contribution is 0.174. The largest absolute Gasteiger partial charge is 0.312 e. The van der Waals surface area contributed by atoms with E-state index in [-0.39, 0.29) is 0 Å². The topological polar surface area (TPSA) is 18.5 Å². The van der Waals surface area contributed by atoms with Gasteiger partial charge in [0.15, 0.2) is 0 Å². The number of nitrogens with zero attached hydrogens (tertiary/aromatic N) is 2. The van der Waals surface area contributed by atoms with Gasteiger partial charge in [0, 0.05) is 25.7 Å². The molecule has 1 heterocycles. The zero-order valence-electron chi connectivity index (χ0n) is 13.4. The van der Waals surface area contributed by atoms with E-state index in [1.54, 1.807) is 5.56 Å². The molecular weight excluding hydrogens is 246 g/mol. The third-order valence-corrected chi connectivity index (χ3v) is 4.27. The Morgan fingerprint density at radius 2 is 2.10 bits per heavy atom. The molecule has 2 rings (SSSR count). The summed E-state index contributed by atoms with van der Waals surface area (Å²) in [6.07, 6.45) is 1.17. The van der Waals surface area contributed by atoms with Crippen molar-refractivity contribution < 1.29 is 0 Å². The molecule has 1 aromatic rings. The molecule has 0 fully saturated rings. The predicted molar refractivity (Wildman–Crippen MR) is 86.0 cm³/mol. The molecule has 1 aromatic carbocycles. The summed E-state index contributed by atoms with van der Waals surface area (Å²) in [4.78, 5) is 4.86. The second-order valence-corrected chi connectivity index (χ2v) is 6.16. The number of nitrogens with one attached hydrogen (secondary N) is 1. The molecule has 0 radical (unpaired) electrons. The Kier molecular flexibility index (Phi) is 5.58. The first kappa shape index (κ1) is 15.5. The van der Waals surface area contributed by atoms with Crippen LogP contribution >= 0.6 is 0 Å². The molecule has 1 unspecified atom stereocenters. The van der Waals surface area contributed by atoms with Crippen molar-refractivity contribution in [2.24, 2.45) is 0 Å². The maximum Gasteiger partial charge on any atom is 0.0239 e. The molecule has 112 valence electrons. The van der Waals surface area contributed by atoms with Gasteiger partial charge in [0.2, 0.25) is 0 Å². The summed E-state index contributed by atoms with van der Waals surface area (Å²) in [6.45, 7) is 10.0. The van der Waals surface area contributed by atoms with Gasteiger partial charge >= 0.3 is 0 Å². The summed E-state index contributed by atoms with van der Waals surface area (Å²) in [6, 6.07) is 7.39. The van der Waals surface area contributed by atoms with Gasteiger partial charge in [-0.2, -0.15) is 0 Å². The molecule has 1 aliphatic rings. The maximum absolute atomic E-state index is 3.46. The molecule has 1 atom stereocenters. The van der Waals surface area contributed by atoms with Gasteiger partial charge in [0.25, 0.3) is 0 Å². The first-order valence-corrected chi connectivity index (χ1v) is 7.81. The Bertz CT molecular complexity index is 428. The fraction of sp³-hybridized carbons (Fsp3) is 0.647. The van der Waals surface area contributed by atoms with E-state index in [9.17, 15) is 0 Å². The minimum absolute atomic E-state index is 0.590. The lowest BCUT2D eigenvalue weighted by Crippen LogP contribution is -2.40. The number of benzene rings is 1. The van der Waals surface area contributed by atoms with Crippen LogP contribution < -0.4 is 5.32 Å². The number of fused-ring (bicyclic) bond motifs is 1. The summed E-state index contributed by atoms with van der Waals surface area (Å²) >= 11 is 0. The van der Waals surface area contributed by atoms with Crippen LogP contribution in [-0.2, 0) is 19.5 Å². The Labute approximate surface area is 124 Å². The lowest BCUT2D eigenvalue weighted by atomic mass is 9.95. The highest BCUT2D eigenvalue weighted by atomic mass is 15.2. The summed E-state index contributed by atoms with van der Waals surface area (Å²) in [5.74, 6) is 0. The van der Waals surface area contributed by atoms with Gasteiger partial charge in [-0.3, -0.25) is 4.90 Å². The fourth-order valence-corrected chi connectivity index (χ4v) is 3.20. The second kappa shape index (κ2) is 7.21. The number of hydrogen-bond acceptors (Lipinski definition) is 3. The van der Waals surface area contributed by atoms with E-state index in [1.807, 2.05) is 0 Å². The lowest BCUT2D eigenvalue weighted by Gasteiger charge is -2.31. The van der Waals surface area contributed by atoms with Crippen LogP contribution in [-0.4, -0.2) is 49.6 Å². The molecule has 3 heteroatoms. The van der Waals surface area contributed by atoms with Gasteiger partial charge in [0.1, 0.15) is 0 Å². The van der Waals surface area contributed by atoms with Crippen LogP contribution in [0.25, 0.3) is 0 Å². The Morgan fingerprint density at radius 3 is 2.80 bits per heavy atom. The minimum Gasteiger partial charge on any atom is -0.312 e. The van der Waals surface area contributed by atoms with Crippen LogP contribution in [0.15, 0.2) is 18.2 Å². The Balaban J connectivity index is 2.11. The van der Waals surface area contributed by atoms with Crippen LogP contribution in [0.3, 0.4) is 0 Å². The van der Waals surface area contributed by atoms with E-state index in [0.29, 0.717) is 6.04 Å². The third kappa shape index (κ3) is 3.81. The van der Waals surface area contributed by atoms with Gasteiger partial charge in [-0.25, -0.2) is 0 Å². The van der Waals surface area contributed by atoms with Gasteiger partial charge in [-0.05, 0) is 57.2 Å². The predicted octanol–water partition coefficient (Wildman–Crippen LogP) is 2.10. The smallest absolute Gasteiger partial charge is 0.0239 e. The first-order chi connectivity index (χ1) is 9.61. The van der Waals surface area contributed by atoms with Crippen LogP contribution in [0.1, 0.15) is 30.5 Å². The van der Waals surface area contributed by atoms with E-state index >= 15 is 0 Å². The molecule has 1 aliphatic heterocycles. The molecule has 0 aliphatic carbocycles. The van der Waals surface area contributed by atoms with Crippen molar-refractivity contribution in [1.29, 1.82) is 0 Å². The van der Waals surface area contributed by atoms with E-state index in [0.717, 1.165) is 32.7 Å². The van der Waals surface area contributed by atoms with Crippen molar-refractivity contribution in [3.05, 3.63) is 34.9 Å². The standard InChI is InChI=1S/C17H29N3/c1-5-20(14(2)12-19(3)4)13-16-8-6-7-15-11-18-10-9-17(15)16/h6-8,14,18H,5,9-13H2,1-4H3. The highest BCUT2D eigenvalue weighted by Gasteiger charge is 2.17. The fourth-order valence-electron chi connectivity index (χ4n) is 3.20. The minimum atomic E-state index is 0.590. The SMILES string of the molecule is CCN(Cc1cccc2c1CCNC2)C(C)CN(C)C. The van der Waals surface area contributed by atoms with Crippen LogP contribution in [0.4, 0.5) is 0 Å². The van der Waals surface area contributed by atoms with Crippen molar-refractivity contribution >= 4 is 0 Å². The Hall–Kier alpha value is -0.900. The van der Waals surface area contributed by atoms with Gasteiger partial charge in [-0.1, -0.05) is 25.1 Å². The van der Waals surface area contributed by atoms with E-state index < -0.39 is 0 Å². The molecule has 0 spiro atoms. The molecule has 1 N–H and O–H groups in total. The highest BCUT2D eigenvalue weighted by Crippen LogP contribution is 2.21. The summed E-state index contributed by atoms with van der Waals surface area (Å²) in [7, 11) is 4.31. The monoisotopic (exact) mass is 275 g/mol. The highest BCUT2D eigenvalue weighted by molar-refractivity contribution is 5.37.